The molecule has 70 valence electrons. The van der Waals surface area contributed by atoms with Gasteiger partial charge in [-0.15, -0.1) is 0 Å². The number of rotatable bonds is 4. The topological polar surface area (TPSA) is 63.3 Å². The molecule has 0 aromatic carbocycles. The van der Waals surface area contributed by atoms with Crippen LogP contribution < -0.4 is 5.72 Å². The van der Waals surface area contributed by atoms with E-state index in [-0.39, 0.29) is 18.4 Å². The van der Waals surface area contributed by atoms with Crippen molar-refractivity contribution in [2.45, 2.75) is 38.5 Å². The van der Waals surface area contributed by atoms with Gasteiger partial charge in [-0.05, 0) is 24.8 Å². The van der Waals surface area contributed by atoms with Crippen molar-refractivity contribution in [1.82, 2.24) is 0 Å². The quantitative estimate of drug-likeness (QED) is 0.676. The summed E-state index contributed by atoms with van der Waals surface area (Å²) in [6.07, 6.45) is 5.05. The molecule has 1 aliphatic rings. The van der Waals surface area contributed by atoms with Gasteiger partial charge in [-0.2, -0.15) is 0 Å². The summed E-state index contributed by atoms with van der Waals surface area (Å²) in [6, 6.07) is 0. The highest BCUT2D eigenvalue weighted by atomic mass is 16.4. The molecule has 3 N–H and O–H groups in total. The van der Waals surface area contributed by atoms with Gasteiger partial charge in [-0.1, -0.05) is 19.3 Å². The summed E-state index contributed by atoms with van der Waals surface area (Å²) in [7, 11) is 0. The zero-order valence-corrected chi connectivity index (χ0v) is 7.21. The van der Waals surface area contributed by atoms with Crippen LogP contribution in [0.5, 0.6) is 0 Å². The lowest BCUT2D eigenvalue weighted by atomic mass is 9.72. The zero-order chi connectivity index (χ0) is 11.3. The molecule has 0 aromatic rings. The maximum atomic E-state index is 11.1. The van der Waals surface area contributed by atoms with Crippen LogP contribution in [0.25, 0.3) is 1.43 Å². The standard InChI is InChI=1S/C9H17NO2/c10-7-9(6-8(11)12)4-2-1-3-5-9/h1-7,10H2,(H,11,12)/i/hD3. The van der Waals surface area contributed by atoms with Gasteiger partial charge in [0.05, 0.1) is 6.42 Å². The first-order valence-electron chi connectivity index (χ1n) is 5.79. The van der Waals surface area contributed by atoms with E-state index < -0.39 is 5.97 Å². The van der Waals surface area contributed by atoms with E-state index in [9.17, 15) is 4.79 Å². The number of aliphatic carboxylic acids is 1. The number of hydrogen-bond acceptors (Lipinski definition) is 3. The minimum absolute atomic E-state index is 0.157. The van der Waals surface area contributed by atoms with Gasteiger partial charge in [0.2, 0.25) is 0 Å². The lowest BCUT2D eigenvalue weighted by Gasteiger charge is -2.34. The van der Waals surface area contributed by atoms with Gasteiger partial charge in [-0.25, -0.2) is 0 Å². The molecule has 0 aromatic heterocycles. The Labute approximate surface area is 77.4 Å². The number of nitrogens with two attached hydrogens (primary N) is 1. The SMILES string of the molecule is [2H]OC(=O)CC1(CN([2H])[2H])CCCCC1. The Kier molecular flexibility index (Phi) is 1.94. The van der Waals surface area contributed by atoms with Crippen molar-refractivity contribution < 1.29 is 12.7 Å². The second kappa shape index (κ2) is 3.90. The summed E-state index contributed by atoms with van der Waals surface area (Å²) in [4.78, 5) is 11.1. The van der Waals surface area contributed by atoms with Gasteiger partial charge >= 0.3 is 5.97 Å². The van der Waals surface area contributed by atoms with Crippen LogP contribution in [-0.2, 0) is 4.79 Å². The van der Waals surface area contributed by atoms with Crippen LogP contribution in [0.15, 0.2) is 0 Å². The molecule has 0 spiro atoms. The summed E-state index contributed by atoms with van der Waals surface area (Å²) in [6.45, 7) is 0.252. The van der Waals surface area contributed by atoms with Crippen molar-refractivity contribution in [3.8, 4) is 0 Å². The second-order valence-corrected chi connectivity index (χ2v) is 3.77. The van der Waals surface area contributed by atoms with Crippen molar-refractivity contribution in [2.24, 2.45) is 11.1 Å². The summed E-state index contributed by atoms with van der Waals surface area (Å²) < 4.78 is 20.8. The molecule has 12 heavy (non-hydrogen) atoms. The lowest BCUT2D eigenvalue weighted by Crippen LogP contribution is -2.34. The average molecular weight is 174 g/mol. The fourth-order valence-electron chi connectivity index (χ4n) is 2.00. The van der Waals surface area contributed by atoms with Gasteiger partial charge < -0.3 is 10.8 Å². The molecule has 0 atom stereocenters. The first kappa shape index (κ1) is 5.97. The van der Waals surface area contributed by atoms with Crippen molar-refractivity contribution >= 4 is 5.97 Å². The zero-order valence-electron chi connectivity index (χ0n) is 10.2. The molecule has 0 bridgehead atoms. The van der Waals surface area contributed by atoms with Crippen LogP contribution in [0.3, 0.4) is 0 Å². The van der Waals surface area contributed by atoms with E-state index in [2.05, 4.69) is 5.11 Å². The highest BCUT2D eigenvalue weighted by molar-refractivity contribution is 5.67. The molecular weight excluding hydrogens is 154 g/mol. The third kappa shape index (κ3) is 2.21. The van der Waals surface area contributed by atoms with Crippen LogP contribution in [0.4, 0.5) is 0 Å². The van der Waals surface area contributed by atoms with Crippen LogP contribution in [-0.4, -0.2) is 17.6 Å². The summed E-state index contributed by atoms with van der Waals surface area (Å²) in [5, 5.41) is 3.93. The first-order valence-corrected chi connectivity index (χ1v) is 4.49. The van der Waals surface area contributed by atoms with E-state index in [1.807, 2.05) is 0 Å². The van der Waals surface area contributed by atoms with Gasteiger partial charge in [0.1, 0.15) is 2.82 Å². The second-order valence-electron chi connectivity index (χ2n) is 3.77. The fourth-order valence-corrected chi connectivity index (χ4v) is 2.00. The molecule has 0 radical (unpaired) electrons. The third-order valence-electron chi connectivity index (χ3n) is 2.77. The number of carboxylic acids is 1. The van der Waals surface area contributed by atoms with E-state index in [0.29, 0.717) is 5.72 Å². The Hall–Kier alpha value is -0.570. The van der Waals surface area contributed by atoms with E-state index in [1.54, 1.807) is 0 Å². The van der Waals surface area contributed by atoms with Crippen molar-refractivity contribution in [3.63, 3.8) is 0 Å². The molecule has 0 amide bonds. The van der Waals surface area contributed by atoms with Crippen LogP contribution >= 0.6 is 0 Å². The Morgan fingerprint density at radius 2 is 2.33 bits per heavy atom. The number of carboxylic acid groups (broad SMARTS) is 1. The van der Waals surface area contributed by atoms with Crippen LogP contribution in [0, 0.1) is 5.41 Å². The Morgan fingerprint density at radius 3 is 2.92 bits per heavy atom. The van der Waals surface area contributed by atoms with E-state index in [1.165, 1.54) is 0 Å². The Balaban J connectivity index is 2.61. The van der Waals surface area contributed by atoms with Crippen molar-refractivity contribution in [1.29, 1.82) is 1.43 Å². The Bertz CT molecular complexity index is 217. The first-order chi connectivity index (χ1) is 7.08. The molecule has 1 fully saturated rings. The van der Waals surface area contributed by atoms with E-state index in [0.717, 1.165) is 32.1 Å². The molecule has 1 rings (SSSR count). The summed E-state index contributed by atoms with van der Waals surface area (Å²) >= 11 is 0. The Morgan fingerprint density at radius 1 is 1.58 bits per heavy atom. The maximum Gasteiger partial charge on any atom is 0.303 e. The molecule has 0 heterocycles. The summed E-state index contributed by atoms with van der Waals surface area (Å²) in [5.74, 6) is -0.557. The third-order valence-corrected chi connectivity index (χ3v) is 2.77. The normalized spacial score (nSPS) is 25.6. The molecular formula is C9H17NO2. The predicted octanol–water partition coefficient (Wildman–Crippen LogP) is 1.37. The van der Waals surface area contributed by atoms with E-state index >= 15 is 0 Å². The molecule has 0 aliphatic heterocycles. The lowest BCUT2D eigenvalue weighted by molar-refractivity contribution is -0.140. The van der Waals surface area contributed by atoms with Crippen molar-refractivity contribution in [3.05, 3.63) is 0 Å². The number of hydrogen-bond donors (Lipinski definition) is 2. The summed E-state index contributed by atoms with van der Waals surface area (Å²) in [5.41, 5.74) is 0.308. The molecule has 1 aliphatic carbocycles. The largest absolute Gasteiger partial charge is 0.481 e. The van der Waals surface area contributed by atoms with Gasteiger partial charge in [-0.3, -0.25) is 4.79 Å². The average Bonchev–Trinajstić information content (AvgIpc) is 2.17. The van der Waals surface area contributed by atoms with Gasteiger partial charge in [0.25, 0.3) is 1.43 Å². The number of carbonyl (C=O) groups is 1. The van der Waals surface area contributed by atoms with Crippen LogP contribution in [0.2, 0.25) is 2.82 Å². The molecule has 1 saturated carbocycles. The highest BCUT2D eigenvalue weighted by Gasteiger charge is 2.32. The molecule has 3 heteroatoms. The van der Waals surface area contributed by atoms with Crippen molar-refractivity contribution in [2.75, 3.05) is 6.54 Å². The molecule has 3 nitrogen and oxygen atoms in total. The predicted molar refractivity (Wildman–Crippen MR) is 46.8 cm³/mol. The highest BCUT2D eigenvalue weighted by Crippen LogP contribution is 2.38. The smallest absolute Gasteiger partial charge is 0.303 e. The van der Waals surface area contributed by atoms with E-state index in [4.69, 9.17) is 4.25 Å². The molecule has 0 unspecified atom stereocenters. The van der Waals surface area contributed by atoms with Gasteiger partial charge in [0.15, 0.2) is 0 Å². The monoisotopic (exact) mass is 174 g/mol. The minimum Gasteiger partial charge on any atom is -0.481 e. The fraction of sp³-hybridized carbons (Fsp3) is 0.889. The minimum atomic E-state index is -0.557. The van der Waals surface area contributed by atoms with Crippen LogP contribution in [0.1, 0.15) is 38.5 Å². The van der Waals surface area contributed by atoms with Gasteiger partial charge in [0, 0.05) is 0 Å². The molecule has 0 saturated heterocycles. The maximum absolute atomic E-state index is 11.1.